The Morgan fingerprint density at radius 3 is 2.83 bits per heavy atom. The van der Waals surface area contributed by atoms with Crippen LogP contribution in [0, 0.1) is 0 Å². The average Bonchev–Trinajstić information content (AvgIpc) is 3.01. The molecule has 1 aromatic rings. The second-order valence-electron chi connectivity index (χ2n) is 6.54. The molecule has 7 nitrogen and oxygen atoms in total. The highest BCUT2D eigenvalue weighted by atomic mass is 32.1. The van der Waals surface area contributed by atoms with Crippen LogP contribution in [0.25, 0.3) is 0 Å². The normalized spacial score (nSPS) is 16.1. The molecule has 1 aromatic heterocycles. The number of methoxy groups -OCH3 is 1. The van der Waals surface area contributed by atoms with Crippen molar-refractivity contribution in [3.05, 3.63) is 12.4 Å². The van der Waals surface area contributed by atoms with Gasteiger partial charge in [-0.15, -0.1) is 0 Å². The van der Waals surface area contributed by atoms with Gasteiger partial charge in [0.1, 0.15) is 0 Å². The van der Waals surface area contributed by atoms with Crippen LogP contribution in [-0.4, -0.2) is 71.9 Å². The SMILES string of the molecule is COC(C)(C)CCn1cc(NC(=S)NCCN2CCOCC2)cn1. The summed E-state index contributed by atoms with van der Waals surface area (Å²) in [6.07, 6.45) is 4.64. The number of aromatic nitrogens is 2. The van der Waals surface area contributed by atoms with Gasteiger partial charge in [-0.1, -0.05) is 0 Å². The van der Waals surface area contributed by atoms with Crippen molar-refractivity contribution < 1.29 is 9.47 Å². The molecule has 1 saturated heterocycles. The molecule has 8 heteroatoms. The summed E-state index contributed by atoms with van der Waals surface area (Å²) in [5, 5.41) is 11.4. The Hall–Kier alpha value is -1.22. The molecule has 2 heterocycles. The number of nitrogens with one attached hydrogen (secondary N) is 2. The van der Waals surface area contributed by atoms with E-state index in [1.165, 1.54) is 0 Å². The molecule has 1 aliphatic rings. The minimum atomic E-state index is -0.143. The van der Waals surface area contributed by atoms with Gasteiger partial charge < -0.3 is 20.1 Å². The summed E-state index contributed by atoms with van der Waals surface area (Å²) in [7, 11) is 1.73. The van der Waals surface area contributed by atoms with Crippen LogP contribution in [0.3, 0.4) is 0 Å². The van der Waals surface area contributed by atoms with Gasteiger partial charge in [0, 0.05) is 46.0 Å². The Morgan fingerprint density at radius 1 is 1.38 bits per heavy atom. The van der Waals surface area contributed by atoms with Gasteiger partial charge in [-0.2, -0.15) is 5.10 Å². The highest BCUT2D eigenvalue weighted by Gasteiger charge is 2.16. The lowest BCUT2D eigenvalue weighted by Crippen LogP contribution is -2.42. The maximum atomic E-state index is 5.43. The van der Waals surface area contributed by atoms with E-state index in [4.69, 9.17) is 21.7 Å². The van der Waals surface area contributed by atoms with Crippen molar-refractivity contribution in [2.24, 2.45) is 0 Å². The third-order valence-corrected chi connectivity index (χ3v) is 4.45. The first-order valence-electron chi connectivity index (χ1n) is 8.41. The number of aryl methyl sites for hydroxylation is 1. The third-order valence-electron chi connectivity index (χ3n) is 4.20. The number of hydrogen-bond donors (Lipinski definition) is 2. The third kappa shape index (κ3) is 6.72. The fourth-order valence-electron chi connectivity index (χ4n) is 2.36. The van der Waals surface area contributed by atoms with Crippen LogP contribution in [0.5, 0.6) is 0 Å². The molecule has 0 unspecified atom stereocenters. The molecule has 0 bridgehead atoms. The van der Waals surface area contributed by atoms with Gasteiger partial charge in [0.05, 0.1) is 30.7 Å². The second kappa shape index (κ2) is 9.31. The van der Waals surface area contributed by atoms with Crippen molar-refractivity contribution in [2.45, 2.75) is 32.4 Å². The standard InChI is InChI=1S/C16H29N5O2S/c1-16(2,22-3)4-6-21-13-14(12-18-21)19-15(24)17-5-7-20-8-10-23-11-9-20/h12-13H,4-11H2,1-3H3,(H2,17,19,24). The number of anilines is 1. The van der Waals surface area contributed by atoms with Crippen LogP contribution in [0.4, 0.5) is 5.69 Å². The second-order valence-corrected chi connectivity index (χ2v) is 6.95. The van der Waals surface area contributed by atoms with Crippen molar-refractivity contribution in [1.29, 1.82) is 0 Å². The van der Waals surface area contributed by atoms with E-state index in [1.807, 2.05) is 10.9 Å². The summed E-state index contributed by atoms with van der Waals surface area (Å²) in [6.45, 7) is 10.4. The van der Waals surface area contributed by atoms with Crippen molar-refractivity contribution in [1.82, 2.24) is 20.0 Å². The molecule has 0 spiro atoms. The molecule has 2 rings (SSSR count). The van der Waals surface area contributed by atoms with Gasteiger partial charge in [0.25, 0.3) is 0 Å². The first kappa shape index (κ1) is 19.1. The Morgan fingerprint density at radius 2 is 2.12 bits per heavy atom. The Bertz CT molecular complexity index is 514. The van der Waals surface area contributed by atoms with Crippen molar-refractivity contribution in [2.75, 3.05) is 51.8 Å². The molecule has 0 aromatic carbocycles. The molecule has 0 atom stereocenters. The average molecular weight is 356 g/mol. The zero-order valence-electron chi connectivity index (χ0n) is 14.9. The molecule has 1 aliphatic heterocycles. The fraction of sp³-hybridized carbons (Fsp3) is 0.750. The maximum Gasteiger partial charge on any atom is 0.170 e. The summed E-state index contributed by atoms with van der Waals surface area (Å²) in [5.41, 5.74) is 0.754. The van der Waals surface area contributed by atoms with Gasteiger partial charge in [0.2, 0.25) is 0 Å². The molecule has 0 aliphatic carbocycles. The zero-order chi connectivity index (χ0) is 17.4. The lowest BCUT2D eigenvalue weighted by molar-refractivity contribution is 0.0113. The minimum Gasteiger partial charge on any atom is -0.379 e. The lowest BCUT2D eigenvalue weighted by Gasteiger charge is -2.26. The summed E-state index contributed by atoms with van der Waals surface area (Å²) in [6, 6.07) is 0. The smallest absolute Gasteiger partial charge is 0.170 e. The number of thiocarbonyl (C=S) groups is 1. The summed E-state index contributed by atoms with van der Waals surface area (Å²) >= 11 is 5.33. The van der Waals surface area contributed by atoms with Crippen LogP contribution in [0.2, 0.25) is 0 Å². The van der Waals surface area contributed by atoms with E-state index in [-0.39, 0.29) is 5.60 Å². The predicted molar refractivity (Wildman–Crippen MR) is 99.4 cm³/mol. The minimum absolute atomic E-state index is 0.143. The summed E-state index contributed by atoms with van der Waals surface area (Å²) in [4.78, 5) is 2.37. The van der Waals surface area contributed by atoms with Crippen LogP contribution in [0.15, 0.2) is 12.4 Å². The van der Waals surface area contributed by atoms with Crippen molar-refractivity contribution in [3.8, 4) is 0 Å². The molecule has 0 saturated carbocycles. The Kier molecular flexibility index (Phi) is 7.41. The molecule has 1 fully saturated rings. The first-order valence-corrected chi connectivity index (χ1v) is 8.82. The predicted octanol–water partition coefficient (Wildman–Crippen LogP) is 1.32. The van der Waals surface area contributed by atoms with E-state index < -0.39 is 0 Å². The highest BCUT2D eigenvalue weighted by Crippen LogP contribution is 2.14. The largest absolute Gasteiger partial charge is 0.379 e. The first-order chi connectivity index (χ1) is 11.5. The zero-order valence-corrected chi connectivity index (χ0v) is 15.7. The monoisotopic (exact) mass is 355 g/mol. The molecule has 2 N–H and O–H groups in total. The molecule has 136 valence electrons. The quantitative estimate of drug-likeness (QED) is 0.682. The summed E-state index contributed by atoms with van der Waals surface area (Å²) < 4.78 is 12.7. The van der Waals surface area contributed by atoms with Gasteiger partial charge in [-0.25, -0.2) is 0 Å². The van der Waals surface area contributed by atoms with E-state index in [1.54, 1.807) is 13.3 Å². The van der Waals surface area contributed by atoms with Crippen molar-refractivity contribution >= 4 is 23.0 Å². The van der Waals surface area contributed by atoms with Gasteiger partial charge in [0.15, 0.2) is 5.11 Å². The number of ether oxygens (including phenoxy) is 2. The van der Waals surface area contributed by atoms with E-state index >= 15 is 0 Å². The number of rotatable bonds is 8. The van der Waals surface area contributed by atoms with E-state index in [0.29, 0.717) is 5.11 Å². The number of nitrogens with zero attached hydrogens (tertiary/aromatic N) is 3. The molecule has 0 amide bonds. The highest BCUT2D eigenvalue weighted by molar-refractivity contribution is 7.80. The molecule has 0 radical (unpaired) electrons. The molecule has 24 heavy (non-hydrogen) atoms. The van der Waals surface area contributed by atoms with Gasteiger partial charge in [-0.3, -0.25) is 9.58 Å². The fourth-order valence-corrected chi connectivity index (χ4v) is 2.58. The Labute approximate surface area is 149 Å². The number of morpholine rings is 1. The lowest BCUT2D eigenvalue weighted by atomic mass is 10.1. The molecular formula is C16H29N5O2S. The molecular weight excluding hydrogens is 326 g/mol. The maximum absolute atomic E-state index is 5.43. The number of hydrogen-bond acceptors (Lipinski definition) is 5. The van der Waals surface area contributed by atoms with E-state index in [0.717, 1.165) is 58.0 Å². The van der Waals surface area contributed by atoms with Crippen molar-refractivity contribution in [3.63, 3.8) is 0 Å². The van der Waals surface area contributed by atoms with Crippen LogP contribution in [-0.2, 0) is 16.0 Å². The van der Waals surface area contributed by atoms with Crippen LogP contribution < -0.4 is 10.6 Å². The van der Waals surface area contributed by atoms with Crippen LogP contribution >= 0.6 is 12.2 Å². The van der Waals surface area contributed by atoms with Gasteiger partial charge in [-0.05, 0) is 32.5 Å². The van der Waals surface area contributed by atoms with Gasteiger partial charge >= 0.3 is 0 Å². The topological polar surface area (TPSA) is 63.6 Å². The van der Waals surface area contributed by atoms with E-state index in [9.17, 15) is 0 Å². The Balaban J connectivity index is 1.66. The van der Waals surface area contributed by atoms with E-state index in [2.05, 4.69) is 34.5 Å². The van der Waals surface area contributed by atoms with Crippen LogP contribution in [0.1, 0.15) is 20.3 Å². The summed E-state index contributed by atoms with van der Waals surface area (Å²) in [5.74, 6) is 0.